The quantitative estimate of drug-likeness (QED) is 0.460. The van der Waals surface area contributed by atoms with Gasteiger partial charge in [0.15, 0.2) is 5.57 Å². The molecule has 0 heterocycles. The number of para-hydroxylation sites is 1. The molecule has 0 saturated heterocycles. The second-order valence-corrected chi connectivity index (χ2v) is 5.50. The molecule has 6 heteroatoms. The number of rotatable bonds is 7. The lowest BCUT2D eigenvalue weighted by Crippen LogP contribution is -2.30. The molecule has 0 saturated carbocycles. The Kier molecular flexibility index (Phi) is 7.15. The fourth-order valence-electron chi connectivity index (χ4n) is 2.45. The molecule has 2 rings (SSSR count). The van der Waals surface area contributed by atoms with E-state index in [-0.39, 0.29) is 18.1 Å². The SMILES string of the molecule is CCOC(=O)/C(C#N)=C/Nc1cccc(C(=O)N(CC)c2ccccc2)c1. The van der Waals surface area contributed by atoms with Crippen LogP contribution in [0.25, 0.3) is 0 Å². The van der Waals surface area contributed by atoms with Crippen LogP contribution >= 0.6 is 0 Å². The zero-order valence-electron chi connectivity index (χ0n) is 15.3. The number of anilines is 2. The van der Waals surface area contributed by atoms with E-state index in [4.69, 9.17) is 10.00 Å². The molecule has 27 heavy (non-hydrogen) atoms. The van der Waals surface area contributed by atoms with Crippen LogP contribution in [-0.4, -0.2) is 25.0 Å². The van der Waals surface area contributed by atoms with Crippen molar-refractivity contribution in [3.05, 3.63) is 71.9 Å². The third-order valence-electron chi connectivity index (χ3n) is 3.74. The van der Waals surface area contributed by atoms with E-state index in [9.17, 15) is 9.59 Å². The lowest BCUT2D eigenvalue weighted by molar-refractivity contribution is -0.138. The van der Waals surface area contributed by atoms with Crippen molar-refractivity contribution < 1.29 is 14.3 Å². The van der Waals surface area contributed by atoms with Crippen LogP contribution in [0.2, 0.25) is 0 Å². The summed E-state index contributed by atoms with van der Waals surface area (Å²) in [5, 5.41) is 11.9. The Balaban J connectivity index is 2.20. The van der Waals surface area contributed by atoms with E-state index in [0.717, 1.165) is 5.69 Å². The summed E-state index contributed by atoms with van der Waals surface area (Å²) in [5.41, 5.74) is 1.75. The molecule has 2 aromatic rings. The monoisotopic (exact) mass is 363 g/mol. The van der Waals surface area contributed by atoms with Gasteiger partial charge in [0.05, 0.1) is 6.61 Å². The Bertz CT molecular complexity index is 870. The highest BCUT2D eigenvalue weighted by Gasteiger charge is 2.16. The molecule has 2 aromatic carbocycles. The number of hydrogen-bond acceptors (Lipinski definition) is 5. The number of nitrogens with one attached hydrogen (secondary N) is 1. The molecule has 0 spiro atoms. The average Bonchev–Trinajstić information content (AvgIpc) is 2.70. The highest BCUT2D eigenvalue weighted by molar-refractivity contribution is 6.06. The standard InChI is InChI=1S/C21H21N3O3/c1-3-24(19-11-6-5-7-12-19)20(25)16-9-8-10-18(13-16)23-15-17(14-22)21(26)27-4-2/h5-13,15,23H,3-4H2,1-2H3/b17-15+. The van der Waals surface area contributed by atoms with Crippen molar-refractivity contribution in [3.8, 4) is 6.07 Å². The van der Waals surface area contributed by atoms with Gasteiger partial charge in [-0.2, -0.15) is 5.26 Å². The van der Waals surface area contributed by atoms with Crippen molar-refractivity contribution in [1.29, 1.82) is 5.26 Å². The van der Waals surface area contributed by atoms with Crippen molar-refractivity contribution in [2.75, 3.05) is 23.4 Å². The van der Waals surface area contributed by atoms with Gasteiger partial charge < -0.3 is 15.0 Å². The molecular weight excluding hydrogens is 342 g/mol. The molecule has 0 aliphatic rings. The van der Waals surface area contributed by atoms with Crippen LogP contribution in [0.15, 0.2) is 66.4 Å². The van der Waals surface area contributed by atoms with E-state index in [1.54, 1.807) is 42.2 Å². The van der Waals surface area contributed by atoms with Gasteiger partial charge in [0, 0.05) is 29.7 Å². The van der Waals surface area contributed by atoms with Gasteiger partial charge in [0.1, 0.15) is 6.07 Å². The van der Waals surface area contributed by atoms with Crippen LogP contribution in [-0.2, 0) is 9.53 Å². The van der Waals surface area contributed by atoms with E-state index in [2.05, 4.69) is 5.32 Å². The number of hydrogen-bond donors (Lipinski definition) is 1. The molecule has 1 N–H and O–H groups in total. The number of benzene rings is 2. The minimum atomic E-state index is -0.694. The van der Waals surface area contributed by atoms with Crippen LogP contribution < -0.4 is 10.2 Å². The number of carbonyl (C=O) groups excluding carboxylic acids is 2. The van der Waals surface area contributed by atoms with Gasteiger partial charge in [0.2, 0.25) is 0 Å². The minimum absolute atomic E-state index is 0.137. The first-order valence-electron chi connectivity index (χ1n) is 8.61. The first-order valence-corrected chi connectivity index (χ1v) is 8.61. The summed E-state index contributed by atoms with van der Waals surface area (Å²) in [7, 11) is 0. The van der Waals surface area contributed by atoms with E-state index < -0.39 is 5.97 Å². The van der Waals surface area contributed by atoms with E-state index in [0.29, 0.717) is 17.8 Å². The van der Waals surface area contributed by atoms with Gasteiger partial charge in [0.25, 0.3) is 5.91 Å². The van der Waals surface area contributed by atoms with E-state index >= 15 is 0 Å². The Morgan fingerprint density at radius 3 is 2.52 bits per heavy atom. The predicted octanol–water partition coefficient (Wildman–Crippen LogP) is 3.74. The van der Waals surface area contributed by atoms with Gasteiger partial charge in [-0.15, -0.1) is 0 Å². The molecule has 0 aliphatic carbocycles. The second-order valence-electron chi connectivity index (χ2n) is 5.50. The van der Waals surface area contributed by atoms with Crippen LogP contribution in [0.1, 0.15) is 24.2 Å². The Morgan fingerprint density at radius 1 is 1.15 bits per heavy atom. The summed E-state index contributed by atoms with van der Waals surface area (Å²) in [6.45, 7) is 4.30. The number of nitrogens with zero attached hydrogens (tertiary/aromatic N) is 2. The van der Waals surface area contributed by atoms with Crippen LogP contribution in [0, 0.1) is 11.3 Å². The summed E-state index contributed by atoms with van der Waals surface area (Å²) in [4.78, 5) is 26.2. The van der Waals surface area contributed by atoms with Crippen molar-refractivity contribution >= 4 is 23.3 Å². The van der Waals surface area contributed by atoms with E-state index in [1.165, 1.54) is 6.20 Å². The lowest BCUT2D eigenvalue weighted by atomic mass is 10.1. The molecule has 0 atom stereocenters. The maximum atomic E-state index is 12.9. The first-order chi connectivity index (χ1) is 13.1. The van der Waals surface area contributed by atoms with Gasteiger partial charge >= 0.3 is 5.97 Å². The molecule has 1 amide bonds. The average molecular weight is 363 g/mol. The maximum Gasteiger partial charge on any atom is 0.350 e. The molecule has 0 bridgehead atoms. The molecule has 0 aromatic heterocycles. The van der Waals surface area contributed by atoms with Crippen LogP contribution in [0.3, 0.4) is 0 Å². The zero-order chi connectivity index (χ0) is 19.6. The first kappa shape index (κ1) is 19.7. The lowest BCUT2D eigenvalue weighted by Gasteiger charge is -2.21. The highest BCUT2D eigenvalue weighted by atomic mass is 16.5. The summed E-state index contributed by atoms with van der Waals surface area (Å²) in [6, 6.07) is 18.1. The van der Waals surface area contributed by atoms with Crippen molar-refractivity contribution in [2.45, 2.75) is 13.8 Å². The fourth-order valence-corrected chi connectivity index (χ4v) is 2.45. The number of amides is 1. The number of esters is 1. The van der Waals surface area contributed by atoms with Crippen molar-refractivity contribution in [2.24, 2.45) is 0 Å². The molecule has 0 unspecified atom stereocenters. The molecule has 0 radical (unpaired) electrons. The molecular formula is C21H21N3O3. The zero-order valence-corrected chi connectivity index (χ0v) is 15.3. The molecule has 138 valence electrons. The third-order valence-corrected chi connectivity index (χ3v) is 3.74. The number of carbonyl (C=O) groups is 2. The van der Waals surface area contributed by atoms with Gasteiger partial charge in [-0.25, -0.2) is 4.79 Å². The Labute approximate surface area is 158 Å². The van der Waals surface area contributed by atoms with Crippen LogP contribution in [0.4, 0.5) is 11.4 Å². The number of nitriles is 1. The summed E-state index contributed by atoms with van der Waals surface area (Å²) in [6.07, 6.45) is 1.27. The van der Waals surface area contributed by atoms with E-state index in [1.807, 2.05) is 37.3 Å². The van der Waals surface area contributed by atoms with Gasteiger partial charge in [-0.3, -0.25) is 4.79 Å². The predicted molar refractivity (Wildman–Crippen MR) is 104 cm³/mol. The minimum Gasteiger partial charge on any atom is -0.462 e. The molecule has 6 nitrogen and oxygen atoms in total. The highest BCUT2D eigenvalue weighted by Crippen LogP contribution is 2.19. The summed E-state index contributed by atoms with van der Waals surface area (Å²) >= 11 is 0. The largest absolute Gasteiger partial charge is 0.462 e. The van der Waals surface area contributed by atoms with Crippen LogP contribution in [0.5, 0.6) is 0 Å². The smallest absolute Gasteiger partial charge is 0.350 e. The summed E-state index contributed by atoms with van der Waals surface area (Å²) in [5.74, 6) is -0.830. The maximum absolute atomic E-state index is 12.9. The van der Waals surface area contributed by atoms with Crippen molar-refractivity contribution in [1.82, 2.24) is 0 Å². The topological polar surface area (TPSA) is 82.4 Å². The van der Waals surface area contributed by atoms with Gasteiger partial charge in [-0.05, 0) is 44.2 Å². The normalized spacial score (nSPS) is 10.6. The fraction of sp³-hybridized carbons (Fsp3) is 0.190. The molecule has 0 fully saturated rings. The van der Waals surface area contributed by atoms with Gasteiger partial charge in [-0.1, -0.05) is 24.3 Å². The Hall–Kier alpha value is -3.59. The van der Waals surface area contributed by atoms with Crippen molar-refractivity contribution in [3.63, 3.8) is 0 Å². The second kappa shape index (κ2) is 9.78. The summed E-state index contributed by atoms with van der Waals surface area (Å²) < 4.78 is 4.81. The number of ether oxygens (including phenoxy) is 1. The Morgan fingerprint density at radius 2 is 1.89 bits per heavy atom. The molecule has 0 aliphatic heterocycles. The third kappa shape index (κ3) is 5.19.